The maximum absolute atomic E-state index is 11.3. The SMILES string of the molecule is CCC(=O)N[C@@H]1CCc2ccc([N+](=O)[O-])cc2C1. The molecule has 0 saturated heterocycles. The number of aryl methyl sites for hydroxylation is 1. The summed E-state index contributed by atoms with van der Waals surface area (Å²) >= 11 is 0. The first-order valence-corrected chi connectivity index (χ1v) is 6.15. The van der Waals surface area contributed by atoms with Gasteiger partial charge in [-0.05, 0) is 30.4 Å². The molecule has 5 heteroatoms. The zero-order chi connectivity index (χ0) is 13.1. The van der Waals surface area contributed by atoms with Crippen LogP contribution in [0.5, 0.6) is 0 Å². The summed E-state index contributed by atoms with van der Waals surface area (Å²) < 4.78 is 0. The first-order valence-electron chi connectivity index (χ1n) is 6.15. The Hall–Kier alpha value is -1.91. The lowest BCUT2D eigenvalue weighted by molar-refractivity contribution is -0.384. The van der Waals surface area contributed by atoms with Crippen molar-refractivity contribution in [1.29, 1.82) is 0 Å². The van der Waals surface area contributed by atoms with Gasteiger partial charge in [-0.15, -0.1) is 0 Å². The molecular formula is C13H16N2O3. The quantitative estimate of drug-likeness (QED) is 0.656. The van der Waals surface area contributed by atoms with Crippen molar-refractivity contribution < 1.29 is 9.72 Å². The van der Waals surface area contributed by atoms with Gasteiger partial charge >= 0.3 is 0 Å². The number of hydrogen-bond acceptors (Lipinski definition) is 3. The molecular weight excluding hydrogens is 232 g/mol. The Morgan fingerprint density at radius 2 is 2.28 bits per heavy atom. The molecule has 1 aromatic carbocycles. The smallest absolute Gasteiger partial charge is 0.269 e. The van der Waals surface area contributed by atoms with Gasteiger partial charge in [-0.1, -0.05) is 13.0 Å². The van der Waals surface area contributed by atoms with Gasteiger partial charge in [0.1, 0.15) is 0 Å². The van der Waals surface area contributed by atoms with Crippen LogP contribution in [0.1, 0.15) is 30.9 Å². The molecule has 1 amide bonds. The zero-order valence-electron chi connectivity index (χ0n) is 10.3. The summed E-state index contributed by atoms with van der Waals surface area (Å²) in [5.74, 6) is 0.0360. The van der Waals surface area contributed by atoms with Crippen LogP contribution in [-0.4, -0.2) is 16.9 Å². The Morgan fingerprint density at radius 1 is 1.50 bits per heavy atom. The molecule has 0 spiro atoms. The Balaban J connectivity index is 2.14. The number of carbonyl (C=O) groups excluding carboxylic acids is 1. The number of rotatable bonds is 3. The number of nitrogens with zero attached hydrogens (tertiary/aromatic N) is 1. The van der Waals surface area contributed by atoms with Crippen molar-refractivity contribution in [2.24, 2.45) is 0 Å². The van der Waals surface area contributed by atoms with Crippen molar-refractivity contribution in [3.63, 3.8) is 0 Å². The van der Waals surface area contributed by atoms with E-state index < -0.39 is 0 Å². The van der Waals surface area contributed by atoms with Crippen molar-refractivity contribution in [3.8, 4) is 0 Å². The monoisotopic (exact) mass is 248 g/mol. The van der Waals surface area contributed by atoms with E-state index in [-0.39, 0.29) is 22.6 Å². The predicted molar refractivity (Wildman–Crippen MR) is 67.3 cm³/mol. The highest BCUT2D eigenvalue weighted by Gasteiger charge is 2.21. The van der Waals surface area contributed by atoms with Crippen LogP contribution in [0.15, 0.2) is 18.2 Å². The van der Waals surface area contributed by atoms with Gasteiger partial charge in [0.25, 0.3) is 5.69 Å². The third-order valence-electron chi connectivity index (χ3n) is 3.32. The molecule has 0 unspecified atom stereocenters. The zero-order valence-corrected chi connectivity index (χ0v) is 10.3. The number of nitro groups is 1. The fraction of sp³-hybridized carbons (Fsp3) is 0.462. The topological polar surface area (TPSA) is 72.2 Å². The van der Waals surface area contributed by atoms with Gasteiger partial charge in [0.2, 0.25) is 5.91 Å². The van der Waals surface area contributed by atoms with E-state index in [0.29, 0.717) is 12.8 Å². The lowest BCUT2D eigenvalue weighted by atomic mass is 9.88. The van der Waals surface area contributed by atoms with Gasteiger partial charge in [-0.3, -0.25) is 14.9 Å². The molecule has 1 aliphatic rings. The number of nitrogens with one attached hydrogen (secondary N) is 1. The van der Waals surface area contributed by atoms with Crippen molar-refractivity contribution in [2.75, 3.05) is 0 Å². The molecule has 1 atom stereocenters. The molecule has 1 N–H and O–H groups in total. The standard InChI is InChI=1S/C13H16N2O3/c1-2-13(16)14-11-5-3-9-4-6-12(15(17)18)8-10(9)7-11/h4,6,8,11H,2-3,5,7H2,1H3,(H,14,16)/t11-/m1/s1. The molecule has 0 aliphatic heterocycles. The maximum Gasteiger partial charge on any atom is 0.269 e. The largest absolute Gasteiger partial charge is 0.353 e. The van der Waals surface area contributed by atoms with Gasteiger partial charge in [-0.2, -0.15) is 0 Å². The molecule has 0 radical (unpaired) electrons. The van der Waals surface area contributed by atoms with Crippen molar-refractivity contribution >= 4 is 11.6 Å². The highest BCUT2D eigenvalue weighted by Crippen LogP contribution is 2.25. The number of carbonyl (C=O) groups is 1. The molecule has 0 fully saturated rings. The van der Waals surface area contributed by atoms with Crippen LogP contribution in [0.2, 0.25) is 0 Å². The highest BCUT2D eigenvalue weighted by molar-refractivity contribution is 5.75. The lowest BCUT2D eigenvalue weighted by Gasteiger charge is -2.25. The molecule has 0 aromatic heterocycles. The molecule has 2 rings (SSSR count). The number of amides is 1. The van der Waals surface area contributed by atoms with Crippen molar-refractivity contribution in [2.45, 2.75) is 38.6 Å². The van der Waals surface area contributed by atoms with Gasteiger partial charge in [0.05, 0.1) is 4.92 Å². The van der Waals surface area contributed by atoms with Crippen LogP contribution in [0.3, 0.4) is 0 Å². The predicted octanol–water partition coefficient (Wildman–Crippen LogP) is 1.98. The van der Waals surface area contributed by atoms with Crippen LogP contribution in [-0.2, 0) is 17.6 Å². The third kappa shape index (κ3) is 2.67. The van der Waals surface area contributed by atoms with E-state index in [1.807, 2.05) is 13.0 Å². The Morgan fingerprint density at radius 3 is 2.94 bits per heavy atom. The number of hydrogen-bond donors (Lipinski definition) is 1. The van der Waals surface area contributed by atoms with Gasteiger partial charge in [-0.25, -0.2) is 0 Å². The molecule has 1 aliphatic carbocycles. The van der Waals surface area contributed by atoms with E-state index >= 15 is 0 Å². The van der Waals surface area contributed by atoms with Gasteiger partial charge < -0.3 is 5.32 Å². The van der Waals surface area contributed by atoms with Crippen LogP contribution in [0, 0.1) is 10.1 Å². The fourth-order valence-electron chi connectivity index (χ4n) is 2.31. The summed E-state index contributed by atoms with van der Waals surface area (Å²) in [6.45, 7) is 1.82. The summed E-state index contributed by atoms with van der Waals surface area (Å²) in [6, 6.07) is 5.10. The highest BCUT2D eigenvalue weighted by atomic mass is 16.6. The minimum Gasteiger partial charge on any atom is -0.353 e. The molecule has 0 heterocycles. The second kappa shape index (κ2) is 5.16. The van der Waals surface area contributed by atoms with E-state index in [1.165, 1.54) is 0 Å². The molecule has 18 heavy (non-hydrogen) atoms. The lowest BCUT2D eigenvalue weighted by Crippen LogP contribution is -2.38. The fourth-order valence-corrected chi connectivity index (χ4v) is 2.31. The number of non-ortho nitro benzene ring substituents is 1. The summed E-state index contributed by atoms with van der Waals surface area (Å²) in [4.78, 5) is 21.7. The van der Waals surface area contributed by atoms with E-state index in [2.05, 4.69) is 5.32 Å². The Bertz CT molecular complexity index is 485. The maximum atomic E-state index is 11.3. The minimum atomic E-state index is -0.380. The summed E-state index contributed by atoms with van der Waals surface area (Å²) in [6.07, 6.45) is 2.92. The van der Waals surface area contributed by atoms with Gasteiger partial charge in [0.15, 0.2) is 0 Å². The average Bonchev–Trinajstić information content (AvgIpc) is 2.37. The second-order valence-corrected chi connectivity index (χ2v) is 4.57. The molecule has 0 bridgehead atoms. The number of fused-ring (bicyclic) bond motifs is 1. The summed E-state index contributed by atoms with van der Waals surface area (Å²) in [5, 5.41) is 13.7. The van der Waals surface area contributed by atoms with E-state index in [1.54, 1.807) is 12.1 Å². The van der Waals surface area contributed by atoms with Crippen LogP contribution >= 0.6 is 0 Å². The van der Waals surface area contributed by atoms with Crippen molar-refractivity contribution in [1.82, 2.24) is 5.32 Å². The molecule has 1 aromatic rings. The molecule has 5 nitrogen and oxygen atoms in total. The van der Waals surface area contributed by atoms with E-state index in [0.717, 1.165) is 24.0 Å². The number of benzene rings is 1. The molecule has 96 valence electrons. The van der Waals surface area contributed by atoms with Crippen molar-refractivity contribution in [3.05, 3.63) is 39.4 Å². The van der Waals surface area contributed by atoms with E-state index in [4.69, 9.17) is 0 Å². The number of nitro benzene ring substituents is 1. The second-order valence-electron chi connectivity index (χ2n) is 4.57. The average molecular weight is 248 g/mol. The van der Waals surface area contributed by atoms with Crippen LogP contribution in [0.25, 0.3) is 0 Å². The van der Waals surface area contributed by atoms with Crippen LogP contribution in [0.4, 0.5) is 5.69 Å². The van der Waals surface area contributed by atoms with E-state index in [9.17, 15) is 14.9 Å². The normalized spacial score (nSPS) is 17.9. The minimum absolute atomic E-state index is 0.0360. The third-order valence-corrected chi connectivity index (χ3v) is 3.32. The Labute approximate surface area is 105 Å². The summed E-state index contributed by atoms with van der Waals surface area (Å²) in [7, 11) is 0. The van der Waals surface area contributed by atoms with Crippen LogP contribution < -0.4 is 5.32 Å². The molecule has 0 saturated carbocycles. The van der Waals surface area contributed by atoms with Gasteiger partial charge in [0, 0.05) is 24.6 Å². The Kier molecular flexibility index (Phi) is 3.60. The first-order chi connectivity index (χ1) is 8.60. The summed E-state index contributed by atoms with van der Waals surface area (Å²) in [5.41, 5.74) is 2.26. The first kappa shape index (κ1) is 12.5.